The van der Waals surface area contributed by atoms with E-state index >= 15 is 0 Å². The summed E-state index contributed by atoms with van der Waals surface area (Å²) in [6.07, 6.45) is 4.20. The normalized spacial score (nSPS) is 11.1. The maximum absolute atomic E-state index is 9.22. The largest absolute Gasteiger partial charge is 0.472 e. The molecule has 0 radical (unpaired) electrons. The molecule has 1 unspecified atom stereocenters. The molecule has 0 fully saturated rings. The number of aliphatic hydroxyl groups is 1. The van der Waals surface area contributed by atoms with Gasteiger partial charge in [0, 0.05) is 23.5 Å². The predicted octanol–water partition coefficient (Wildman–Crippen LogP) is 2.44. The highest BCUT2D eigenvalue weighted by molar-refractivity contribution is 5.66. The minimum atomic E-state index is -0.656. The molecule has 0 saturated heterocycles. The van der Waals surface area contributed by atoms with E-state index in [2.05, 4.69) is 28.4 Å². The number of aromatic nitrogens is 2. The van der Waals surface area contributed by atoms with Crippen LogP contribution in [0.15, 0.2) is 49.3 Å². The third-order valence-corrected chi connectivity index (χ3v) is 2.56. The summed E-state index contributed by atoms with van der Waals surface area (Å²) in [6, 6.07) is 7.56. The molecule has 1 heterocycles. The van der Waals surface area contributed by atoms with Crippen molar-refractivity contribution >= 4 is 0 Å². The van der Waals surface area contributed by atoms with Crippen molar-refractivity contribution in [1.82, 2.24) is 9.97 Å². The molecule has 0 aliphatic rings. The van der Waals surface area contributed by atoms with Crippen molar-refractivity contribution in [2.45, 2.75) is 13.0 Å². The van der Waals surface area contributed by atoms with Crippen LogP contribution in [0.1, 0.15) is 12.5 Å². The number of aliphatic hydroxyl groups excluding tert-OH is 1. The molecule has 0 spiro atoms. The second kappa shape index (κ2) is 7.22. The highest BCUT2D eigenvalue weighted by Gasteiger charge is 2.09. The molecule has 1 aromatic carbocycles. The van der Waals surface area contributed by atoms with E-state index in [1.165, 1.54) is 0 Å². The van der Waals surface area contributed by atoms with Crippen LogP contribution in [0.2, 0.25) is 0 Å². The van der Waals surface area contributed by atoms with Crippen LogP contribution in [0.4, 0.5) is 0 Å². The maximum Gasteiger partial charge on any atom is 0.240 e. The first-order valence-corrected chi connectivity index (χ1v) is 6.55. The van der Waals surface area contributed by atoms with Crippen molar-refractivity contribution in [1.29, 1.82) is 0 Å². The topological polar surface area (TPSA) is 55.2 Å². The first kappa shape index (κ1) is 14.8. The number of rotatable bonds is 4. The molecule has 4 heteroatoms. The Morgan fingerprint density at radius 2 is 2.19 bits per heavy atom. The van der Waals surface area contributed by atoms with Gasteiger partial charge in [-0.05, 0) is 19.1 Å². The van der Waals surface area contributed by atoms with Gasteiger partial charge in [0.15, 0.2) is 0 Å². The molecule has 106 valence electrons. The van der Waals surface area contributed by atoms with Crippen LogP contribution in [-0.4, -0.2) is 27.8 Å². The molecule has 1 N–H and O–H groups in total. The van der Waals surface area contributed by atoms with Crippen LogP contribution in [0.5, 0.6) is 5.88 Å². The molecule has 4 nitrogen and oxygen atoms in total. The number of ether oxygens (including phenoxy) is 1. The lowest BCUT2D eigenvalue weighted by molar-refractivity contribution is 0.253. The lowest BCUT2D eigenvalue weighted by Gasteiger charge is -2.08. The fourth-order valence-electron chi connectivity index (χ4n) is 1.70. The highest BCUT2D eigenvalue weighted by atomic mass is 16.5. The van der Waals surface area contributed by atoms with Gasteiger partial charge >= 0.3 is 0 Å². The van der Waals surface area contributed by atoms with Gasteiger partial charge in [0.2, 0.25) is 5.88 Å². The summed E-state index contributed by atoms with van der Waals surface area (Å²) >= 11 is 0. The smallest absolute Gasteiger partial charge is 0.240 e. The maximum atomic E-state index is 9.22. The average Bonchev–Trinajstić information content (AvgIpc) is 2.51. The van der Waals surface area contributed by atoms with Crippen LogP contribution >= 0.6 is 0 Å². The van der Waals surface area contributed by atoms with Crippen molar-refractivity contribution in [3.05, 3.63) is 54.9 Å². The molecule has 0 amide bonds. The zero-order chi connectivity index (χ0) is 15.1. The van der Waals surface area contributed by atoms with E-state index in [9.17, 15) is 5.11 Å². The molecule has 1 atom stereocenters. The molecule has 21 heavy (non-hydrogen) atoms. The van der Waals surface area contributed by atoms with Crippen LogP contribution in [0.25, 0.3) is 11.3 Å². The number of nitrogens with zero attached hydrogens (tertiary/aromatic N) is 2. The van der Waals surface area contributed by atoms with Gasteiger partial charge in [-0.25, -0.2) is 9.97 Å². The van der Waals surface area contributed by atoms with E-state index in [1.807, 2.05) is 24.3 Å². The van der Waals surface area contributed by atoms with Crippen molar-refractivity contribution < 1.29 is 9.84 Å². The summed E-state index contributed by atoms with van der Waals surface area (Å²) in [5, 5.41) is 9.22. The lowest BCUT2D eigenvalue weighted by atomic mass is 10.1. The predicted molar refractivity (Wildman–Crippen MR) is 81.7 cm³/mol. The zero-order valence-corrected chi connectivity index (χ0v) is 11.8. The van der Waals surface area contributed by atoms with Gasteiger partial charge in [-0.2, -0.15) is 0 Å². The second-order valence-electron chi connectivity index (χ2n) is 4.34. The Bertz CT molecular complexity index is 684. The third-order valence-electron chi connectivity index (χ3n) is 2.56. The summed E-state index contributed by atoms with van der Waals surface area (Å²) in [6.45, 7) is 5.61. The van der Waals surface area contributed by atoms with Gasteiger partial charge in [-0.1, -0.05) is 36.6 Å². The van der Waals surface area contributed by atoms with E-state index in [1.54, 1.807) is 25.4 Å². The Hall–Kier alpha value is -2.64. The summed E-state index contributed by atoms with van der Waals surface area (Å²) in [4.78, 5) is 8.51. The Labute approximate surface area is 124 Å². The first-order chi connectivity index (χ1) is 10.2. The highest BCUT2D eigenvalue weighted by Crippen LogP contribution is 2.25. The standard InChI is InChI=1S/C17H16N2O2/c1-3-11-21-17-16(18-9-10-19-17)15-6-4-5-14(12-15)8-7-13(2)20/h3-6,9-10,12-13,20H,1,11H2,2H3. The minimum Gasteiger partial charge on any atom is -0.472 e. The second-order valence-corrected chi connectivity index (χ2v) is 4.34. The molecule has 2 aromatic rings. The quantitative estimate of drug-likeness (QED) is 0.690. The van der Waals surface area contributed by atoms with Gasteiger partial charge in [0.25, 0.3) is 0 Å². The Morgan fingerprint density at radius 3 is 2.95 bits per heavy atom. The van der Waals surface area contributed by atoms with E-state index in [4.69, 9.17) is 4.74 Å². The lowest BCUT2D eigenvalue weighted by Crippen LogP contribution is -1.99. The van der Waals surface area contributed by atoms with Crippen molar-refractivity contribution in [3.63, 3.8) is 0 Å². The van der Waals surface area contributed by atoms with Crippen LogP contribution in [0.3, 0.4) is 0 Å². The van der Waals surface area contributed by atoms with E-state index < -0.39 is 6.10 Å². The van der Waals surface area contributed by atoms with Crippen molar-refractivity contribution in [2.24, 2.45) is 0 Å². The van der Waals surface area contributed by atoms with Gasteiger partial charge in [0.1, 0.15) is 18.4 Å². The number of hydrogen-bond acceptors (Lipinski definition) is 4. The van der Waals surface area contributed by atoms with Gasteiger partial charge in [-0.3, -0.25) is 0 Å². The summed E-state index contributed by atoms with van der Waals surface area (Å²) in [7, 11) is 0. The molecule has 0 aliphatic heterocycles. The fourth-order valence-corrected chi connectivity index (χ4v) is 1.70. The third kappa shape index (κ3) is 4.16. The Balaban J connectivity index is 2.36. The Morgan fingerprint density at radius 1 is 1.38 bits per heavy atom. The minimum absolute atomic E-state index is 0.368. The van der Waals surface area contributed by atoms with Crippen LogP contribution in [0, 0.1) is 11.8 Å². The molecule has 0 saturated carbocycles. The molecular formula is C17H16N2O2. The Kier molecular flexibility index (Phi) is 5.08. The van der Waals surface area contributed by atoms with Crippen molar-refractivity contribution in [3.8, 4) is 29.0 Å². The van der Waals surface area contributed by atoms with E-state index in [0.29, 0.717) is 18.2 Å². The number of hydrogen-bond donors (Lipinski definition) is 1. The van der Waals surface area contributed by atoms with Crippen molar-refractivity contribution in [2.75, 3.05) is 6.61 Å². The summed E-state index contributed by atoms with van der Waals surface area (Å²) < 4.78 is 5.51. The van der Waals surface area contributed by atoms with Gasteiger partial charge in [-0.15, -0.1) is 0 Å². The van der Waals surface area contributed by atoms with E-state index in [-0.39, 0.29) is 0 Å². The van der Waals surface area contributed by atoms with E-state index in [0.717, 1.165) is 11.1 Å². The first-order valence-electron chi connectivity index (χ1n) is 6.55. The summed E-state index contributed by atoms with van der Waals surface area (Å²) in [5.41, 5.74) is 2.31. The SMILES string of the molecule is C=CCOc1nccnc1-c1cccc(C#CC(C)O)c1. The van der Waals surface area contributed by atoms with Crippen LogP contribution in [-0.2, 0) is 0 Å². The zero-order valence-electron chi connectivity index (χ0n) is 11.8. The molecule has 1 aromatic heterocycles. The monoisotopic (exact) mass is 280 g/mol. The summed E-state index contributed by atoms with van der Waals surface area (Å²) in [5.74, 6) is 6.08. The van der Waals surface area contributed by atoms with Gasteiger partial charge in [0.05, 0.1) is 0 Å². The van der Waals surface area contributed by atoms with Crippen LogP contribution < -0.4 is 4.74 Å². The molecule has 0 aliphatic carbocycles. The van der Waals surface area contributed by atoms with Gasteiger partial charge < -0.3 is 9.84 Å². The molecule has 0 bridgehead atoms. The fraction of sp³-hybridized carbons (Fsp3) is 0.176. The number of benzene rings is 1. The average molecular weight is 280 g/mol. The molecule has 2 rings (SSSR count). The molecular weight excluding hydrogens is 264 g/mol.